The van der Waals surface area contributed by atoms with Gasteiger partial charge in [0.15, 0.2) is 0 Å². The fraction of sp³-hybridized carbons (Fsp3) is 0.520. The number of rotatable bonds is 12. The van der Waals surface area contributed by atoms with E-state index in [1.807, 2.05) is 18.3 Å². The van der Waals surface area contributed by atoms with Gasteiger partial charge in [0, 0.05) is 38.1 Å². The highest BCUT2D eigenvalue weighted by Gasteiger charge is 2.20. The van der Waals surface area contributed by atoms with E-state index in [1.165, 1.54) is 43.9 Å². The Morgan fingerprint density at radius 2 is 2.07 bits per heavy atom. The number of ether oxygens (including phenoxy) is 1. The molecule has 1 saturated carbocycles. The Labute approximate surface area is 180 Å². The van der Waals surface area contributed by atoms with Crippen molar-refractivity contribution in [1.29, 1.82) is 0 Å². The Hall–Kier alpha value is -1.95. The summed E-state index contributed by atoms with van der Waals surface area (Å²) in [5, 5.41) is 10.5. The molecule has 164 valence electrons. The lowest BCUT2D eigenvalue weighted by molar-refractivity contribution is 0.0195. The van der Waals surface area contributed by atoms with Crippen LogP contribution in [0.15, 0.2) is 55.3 Å². The number of aliphatic hydroxyl groups excluding tert-OH is 1. The molecule has 1 heterocycles. The average molecular weight is 415 g/mol. The number of hydrogen-bond acceptors (Lipinski definition) is 3. The fourth-order valence-corrected chi connectivity index (χ4v) is 4.39. The van der Waals surface area contributed by atoms with Gasteiger partial charge in [-0.3, -0.25) is 4.90 Å². The van der Waals surface area contributed by atoms with Crippen LogP contribution >= 0.6 is 0 Å². The van der Waals surface area contributed by atoms with Gasteiger partial charge in [-0.05, 0) is 48.6 Å². The first kappa shape index (κ1) is 22.7. The number of hydrogen-bond donors (Lipinski definition) is 1. The van der Waals surface area contributed by atoms with E-state index in [4.69, 9.17) is 4.74 Å². The van der Waals surface area contributed by atoms with Crippen LogP contribution in [-0.2, 0) is 17.8 Å². The summed E-state index contributed by atoms with van der Waals surface area (Å²) < 4.78 is 21.2. The van der Waals surface area contributed by atoms with Gasteiger partial charge in [-0.15, -0.1) is 6.58 Å². The summed E-state index contributed by atoms with van der Waals surface area (Å²) in [6, 6.07) is 10.9. The maximum atomic E-state index is 13.6. The molecule has 1 aliphatic carbocycles. The molecule has 30 heavy (non-hydrogen) atoms. The first-order valence-corrected chi connectivity index (χ1v) is 11.1. The quantitative estimate of drug-likeness (QED) is 0.407. The van der Waals surface area contributed by atoms with Crippen LogP contribution in [-0.4, -0.2) is 47.0 Å². The molecule has 4 nitrogen and oxygen atoms in total. The molecule has 5 heteroatoms. The van der Waals surface area contributed by atoms with Gasteiger partial charge >= 0.3 is 0 Å². The molecule has 0 amide bonds. The van der Waals surface area contributed by atoms with E-state index in [0.29, 0.717) is 32.2 Å². The summed E-state index contributed by atoms with van der Waals surface area (Å²) in [6.07, 6.45) is 9.70. The summed E-state index contributed by atoms with van der Waals surface area (Å²) in [7, 11) is 0. The molecule has 0 bridgehead atoms. The largest absolute Gasteiger partial charge is 0.389 e. The lowest BCUT2D eigenvalue weighted by Crippen LogP contribution is -2.38. The number of halogens is 1. The highest BCUT2D eigenvalue weighted by Crippen LogP contribution is 2.25. The van der Waals surface area contributed by atoms with Crippen molar-refractivity contribution < 1.29 is 14.2 Å². The van der Waals surface area contributed by atoms with Crippen molar-refractivity contribution >= 4 is 0 Å². The molecule has 1 atom stereocenters. The monoisotopic (exact) mass is 414 g/mol. The van der Waals surface area contributed by atoms with Crippen molar-refractivity contribution in [2.24, 2.45) is 5.92 Å². The third kappa shape index (κ3) is 7.38. The fourth-order valence-electron chi connectivity index (χ4n) is 4.39. The summed E-state index contributed by atoms with van der Waals surface area (Å²) in [5.41, 5.74) is 2.12. The normalized spacial score (nSPS) is 16.1. The zero-order valence-corrected chi connectivity index (χ0v) is 17.9. The van der Waals surface area contributed by atoms with Crippen LogP contribution in [0.3, 0.4) is 0 Å². The minimum Gasteiger partial charge on any atom is -0.389 e. The van der Waals surface area contributed by atoms with Crippen LogP contribution < -0.4 is 0 Å². The minimum atomic E-state index is -0.528. The van der Waals surface area contributed by atoms with E-state index < -0.39 is 6.10 Å². The van der Waals surface area contributed by atoms with Crippen LogP contribution in [0.5, 0.6) is 0 Å². The van der Waals surface area contributed by atoms with Gasteiger partial charge in [-0.25, -0.2) is 4.39 Å². The van der Waals surface area contributed by atoms with Crippen LogP contribution in [0.25, 0.3) is 0 Å². The third-order valence-electron chi connectivity index (χ3n) is 5.81. The first-order valence-electron chi connectivity index (χ1n) is 11.1. The Morgan fingerprint density at radius 3 is 2.83 bits per heavy atom. The van der Waals surface area contributed by atoms with Crippen molar-refractivity contribution in [3.8, 4) is 0 Å². The molecular formula is C25H35FN2O2. The molecule has 1 aliphatic rings. The van der Waals surface area contributed by atoms with Gasteiger partial charge in [0.2, 0.25) is 0 Å². The van der Waals surface area contributed by atoms with Crippen LogP contribution in [0, 0.1) is 11.7 Å². The SMILES string of the molecule is C=CCOCC(O)CN(Cc1cccn1Cc1cccc(F)c1)CC1CCCCC1. The third-order valence-corrected chi connectivity index (χ3v) is 5.81. The predicted molar refractivity (Wildman–Crippen MR) is 119 cm³/mol. The van der Waals surface area contributed by atoms with Crippen molar-refractivity contribution in [3.63, 3.8) is 0 Å². The minimum absolute atomic E-state index is 0.206. The standard InChI is InChI=1S/C25H35FN2O2/c1-2-14-30-20-25(29)19-27(16-21-8-4-3-5-9-21)18-24-12-7-13-28(24)17-22-10-6-11-23(26)15-22/h2,6-7,10-13,15,21,25,29H,1,3-5,8-9,14,16-20H2. The maximum absolute atomic E-state index is 13.6. The molecule has 0 aliphatic heterocycles. The van der Waals surface area contributed by atoms with Crippen molar-refractivity contribution in [2.45, 2.75) is 51.3 Å². The molecule has 0 spiro atoms. The highest BCUT2D eigenvalue weighted by atomic mass is 19.1. The number of aromatic nitrogens is 1. The molecule has 1 N–H and O–H groups in total. The Kier molecular flexibility index (Phi) is 9.12. The molecule has 0 radical (unpaired) electrons. The van der Waals surface area contributed by atoms with Crippen LogP contribution in [0.4, 0.5) is 4.39 Å². The Balaban J connectivity index is 1.65. The number of benzene rings is 1. The Bertz CT molecular complexity index is 770. The van der Waals surface area contributed by atoms with E-state index in [-0.39, 0.29) is 5.82 Å². The van der Waals surface area contributed by atoms with Gasteiger partial charge in [0.1, 0.15) is 5.82 Å². The Morgan fingerprint density at radius 1 is 1.23 bits per heavy atom. The molecule has 0 saturated heterocycles. The molecule has 2 aromatic rings. The average Bonchev–Trinajstić information content (AvgIpc) is 3.15. The van der Waals surface area contributed by atoms with Crippen LogP contribution in [0.2, 0.25) is 0 Å². The zero-order chi connectivity index (χ0) is 21.2. The molecular weight excluding hydrogens is 379 g/mol. The van der Waals surface area contributed by atoms with Gasteiger partial charge in [0.25, 0.3) is 0 Å². The smallest absolute Gasteiger partial charge is 0.123 e. The van der Waals surface area contributed by atoms with E-state index in [1.54, 1.807) is 18.2 Å². The second kappa shape index (κ2) is 12.0. The number of nitrogens with zero attached hydrogens (tertiary/aromatic N) is 2. The second-order valence-electron chi connectivity index (χ2n) is 8.44. The molecule has 1 aromatic carbocycles. The molecule has 1 aromatic heterocycles. The second-order valence-corrected chi connectivity index (χ2v) is 8.44. The van der Waals surface area contributed by atoms with E-state index >= 15 is 0 Å². The summed E-state index contributed by atoms with van der Waals surface area (Å²) in [6.45, 7) is 7.40. The van der Waals surface area contributed by atoms with E-state index in [0.717, 1.165) is 18.7 Å². The lowest BCUT2D eigenvalue weighted by Gasteiger charge is -2.31. The maximum Gasteiger partial charge on any atom is 0.123 e. The van der Waals surface area contributed by atoms with Gasteiger partial charge in [-0.2, -0.15) is 0 Å². The molecule has 3 rings (SSSR count). The van der Waals surface area contributed by atoms with Crippen molar-refractivity contribution in [1.82, 2.24) is 9.47 Å². The van der Waals surface area contributed by atoms with Crippen LogP contribution in [0.1, 0.15) is 43.4 Å². The van der Waals surface area contributed by atoms with Gasteiger partial charge < -0.3 is 14.4 Å². The van der Waals surface area contributed by atoms with Crippen molar-refractivity contribution in [2.75, 3.05) is 26.3 Å². The number of aliphatic hydroxyl groups is 1. The first-order chi connectivity index (χ1) is 14.6. The predicted octanol–water partition coefficient (Wildman–Crippen LogP) is 4.62. The van der Waals surface area contributed by atoms with Gasteiger partial charge in [-0.1, -0.05) is 37.5 Å². The lowest BCUT2D eigenvalue weighted by atomic mass is 9.89. The van der Waals surface area contributed by atoms with Gasteiger partial charge in [0.05, 0.1) is 19.3 Å². The highest BCUT2D eigenvalue weighted by molar-refractivity contribution is 5.19. The summed E-state index contributed by atoms with van der Waals surface area (Å²) in [4.78, 5) is 2.36. The van der Waals surface area contributed by atoms with E-state index in [2.05, 4.69) is 22.1 Å². The topological polar surface area (TPSA) is 37.6 Å². The van der Waals surface area contributed by atoms with E-state index in [9.17, 15) is 9.50 Å². The molecule has 1 unspecified atom stereocenters. The molecule has 1 fully saturated rings. The zero-order valence-electron chi connectivity index (χ0n) is 17.9. The summed E-state index contributed by atoms with van der Waals surface area (Å²) >= 11 is 0. The summed E-state index contributed by atoms with van der Waals surface area (Å²) in [5.74, 6) is 0.481. The van der Waals surface area contributed by atoms with Crippen molar-refractivity contribution in [3.05, 3.63) is 72.3 Å².